The lowest BCUT2D eigenvalue weighted by Crippen LogP contribution is -2.45. The van der Waals surface area contributed by atoms with Crippen LogP contribution in [0.25, 0.3) is 0 Å². The number of aryl methyl sites for hydroxylation is 1. The number of nitrogens with one attached hydrogen (secondary N) is 1. The van der Waals surface area contributed by atoms with Crippen LogP contribution in [0.1, 0.15) is 26.0 Å². The third-order valence-electron chi connectivity index (χ3n) is 3.05. The summed E-state index contributed by atoms with van der Waals surface area (Å²) >= 11 is 0. The molecular weight excluding hydrogens is 230 g/mol. The molecule has 1 aliphatic rings. The van der Waals surface area contributed by atoms with Crippen LogP contribution >= 0.6 is 0 Å². The summed E-state index contributed by atoms with van der Waals surface area (Å²) < 4.78 is 13.6. The van der Waals surface area contributed by atoms with Crippen LogP contribution in [0.5, 0.6) is 0 Å². The Morgan fingerprint density at radius 3 is 3.22 bits per heavy atom. The highest BCUT2D eigenvalue weighted by Crippen LogP contribution is 2.07. The Bertz CT molecular complexity index is 354. The maximum absolute atomic E-state index is 5.77. The van der Waals surface area contributed by atoms with Gasteiger partial charge in [0, 0.05) is 19.6 Å². The quantitative estimate of drug-likeness (QED) is 0.827. The highest BCUT2D eigenvalue weighted by molar-refractivity contribution is 4.96. The zero-order valence-electron chi connectivity index (χ0n) is 11.3. The van der Waals surface area contributed by atoms with Crippen molar-refractivity contribution in [2.75, 3.05) is 19.7 Å². The van der Waals surface area contributed by atoms with Gasteiger partial charge in [-0.05, 0) is 13.3 Å². The summed E-state index contributed by atoms with van der Waals surface area (Å²) in [6, 6.07) is 0. The van der Waals surface area contributed by atoms with E-state index in [9.17, 15) is 0 Å². The Hall–Kier alpha value is -0.910. The number of imidazole rings is 1. The molecule has 0 bridgehead atoms. The topological polar surface area (TPSA) is 48.3 Å². The Balaban J connectivity index is 1.72. The minimum atomic E-state index is 0.163. The van der Waals surface area contributed by atoms with Gasteiger partial charge in [-0.3, -0.25) is 0 Å². The lowest BCUT2D eigenvalue weighted by molar-refractivity contribution is -0.0722. The molecule has 0 radical (unpaired) electrons. The van der Waals surface area contributed by atoms with Crippen molar-refractivity contribution in [2.45, 2.75) is 45.6 Å². The summed E-state index contributed by atoms with van der Waals surface area (Å²) in [5.41, 5.74) is 1.13. The van der Waals surface area contributed by atoms with Crippen molar-refractivity contribution in [3.8, 4) is 0 Å². The predicted octanol–water partition coefficient (Wildman–Crippen LogP) is 1.19. The Kier molecular flexibility index (Phi) is 5.16. The average molecular weight is 253 g/mol. The number of rotatable bonds is 6. The van der Waals surface area contributed by atoms with Crippen LogP contribution in [0.4, 0.5) is 0 Å². The number of aromatic nitrogens is 2. The van der Waals surface area contributed by atoms with Crippen molar-refractivity contribution in [3.05, 3.63) is 18.2 Å². The summed E-state index contributed by atoms with van der Waals surface area (Å²) in [5.74, 6) is 0. The van der Waals surface area contributed by atoms with E-state index >= 15 is 0 Å². The van der Waals surface area contributed by atoms with Gasteiger partial charge in [-0.2, -0.15) is 0 Å². The van der Waals surface area contributed by atoms with Gasteiger partial charge in [0.1, 0.15) is 0 Å². The van der Waals surface area contributed by atoms with Crippen LogP contribution in [0, 0.1) is 0 Å². The molecule has 1 aromatic rings. The van der Waals surface area contributed by atoms with E-state index in [-0.39, 0.29) is 12.2 Å². The van der Waals surface area contributed by atoms with Crippen LogP contribution in [-0.4, -0.2) is 41.5 Å². The largest absolute Gasteiger partial charge is 0.372 e. The molecule has 0 spiro atoms. The monoisotopic (exact) mass is 253 g/mol. The molecule has 0 aromatic carbocycles. The number of hydrogen-bond donors (Lipinski definition) is 1. The van der Waals surface area contributed by atoms with Crippen LogP contribution in [-0.2, 0) is 22.6 Å². The van der Waals surface area contributed by atoms with Gasteiger partial charge in [-0.15, -0.1) is 0 Å². The Morgan fingerprint density at radius 1 is 1.56 bits per heavy atom. The van der Waals surface area contributed by atoms with Crippen molar-refractivity contribution in [3.63, 3.8) is 0 Å². The summed E-state index contributed by atoms with van der Waals surface area (Å²) in [6.45, 7) is 8.28. The molecule has 2 atom stereocenters. The first-order valence-corrected chi connectivity index (χ1v) is 6.72. The first-order valence-electron chi connectivity index (χ1n) is 6.72. The molecule has 5 nitrogen and oxygen atoms in total. The molecule has 2 unspecified atom stereocenters. The number of morpholine rings is 1. The predicted molar refractivity (Wildman–Crippen MR) is 69.4 cm³/mol. The maximum Gasteiger partial charge on any atom is 0.0948 e. The molecule has 5 heteroatoms. The Labute approximate surface area is 108 Å². The highest BCUT2D eigenvalue weighted by atomic mass is 16.5. The number of nitrogens with zero attached hydrogens (tertiary/aromatic N) is 2. The van der Waals surface area contributed by atoms with E-state index in [0.29, 0.717) is 13.2 Å². The zero-order valence-corrected chi connectivity index (χ0v) is 11.3. The molecule has 1 saturated heterocycles. The van der Waals surface area contributed by atoms with Crippen LogP contribution in [0.2, 0.25) is 0 Å². The SMILES string of the molecule is CCCn1cncc1COCC1CNCC(C)O1. The maximum atomic E-state index is 5.77. The molecule has 2 rings (SSSR count). The summed E-state index contributed by atoms with van der Waals surface area (Å²) in [4.78, 5) is 4.16. The molecular formula is C13H23N3O2. The van der Waals surface area contributed by atoms with Gasteiger partial charge in [-0.25, -0.2) is 4.98 Å². The van der Waals surface area contributed by atoms with E-state index < -0.39 is 0 Å². The first kappa shape index (κ1) is 13.5. The first-order chi connectivity index (χ1) is 8.79. The van der Waals surface area contributed by atoms with Gasteiger partial charge in [0.25, 0.3) is 0 Å². The second kappa shape index (κ2) is 6.87. The standard InChI is InChI=1S/C13H23N3O2/c1-3-4-16-10-15-6-12(16)8-17-9-13-7-14-5-11(2)18-13/h6,10-11,13-14H,3-5,7-9H2,1-2H3. The van der Waals surface area contributed by atoms with Crippen LogP contribution in [0.15, 0.2) is 12.5 Å². The minimum absolute atomic E-state index is 0.163. The second-order valence-corrected chi connectivity index (χ2v) is 4.82. The number of ether oxygens (including phenoxy) is 2. The molecule has 0 aliphatic carbocycles. The lowest BCUT2D eigenvalue weighted by atomic mass is 10.2. The molecule has 1 aliphatic heterocycles. The third kappa shape index (κ3) is 3.80. The van der Waals surface area contributed by atoms with Gasteiger partial charge >= 0.3 is 0 Å². The molecule has 102 valence electrons. The molecule has 1 fully saturated rings. The van der Waals surface area contributed by atoms with E-state index in [2.05, 4.69) is 28.7 Å². The lowest BCUT2D eigenvalue weighted by Gasteiger charge is -2.28. The molecule has 0 saturated carbocycles. The van der Waals surface area contributed by atoms with E-state index in [1.807, 2.05) is 12.5 Å². The minimum Gasteiger partial charge on any atom is -0.372 e. The number of hydrogen-bond acceptors (Lipinski definition) is 4. The van der Waals surface area contributed by atoms with Gasteiger partial charge in [0.2, 0.25) is 0 Å². The van der Waals surface area contributed by atoms with Crippen molar-refractivity contribution < 1.29 is 9.47 Å². The van der Waals surface area contributed by atoms with Gasteiger partial charge < -0.3 is 19.4 Å². The van der Waals surface area contributed by atoms with E-state index in [0.717, 1.165) is 31.7 Å². The van der Waals surface area contributed by atoms with Crippen molar-refractivity contribution in [1.29, 1.82) is 0 Å². The van der Waals surface area contributed by atoms with E-state index in [4.69, 9.17) is 9.47 Å². The fraction of sp³-hybridized carbons (Fsp3) is 0.769. The molecule has 0 amide bonds. The van der Waals surface area contributed by atoms with E-state index in [1.54, 1.807) is 0 Å². The summed E-state index contributed by atoms with van der Waals surface area (Å²) in [7, 11) is 0. The van der Waals surface area contributed by atoms with Crippen molar-refractivity contribution in [2.24, 2.45) is 0 Å². The normalized spacial score (nSPS) is 24.3. The smallest absolute Gasteiger partial charge is 0.0948 e. The van der Waals surface area contributed by atoms with Gasteiger partial charge in [0.05, 0.1) is 43.6 Å². The molecule has 18 heavy (non-hydrogen) atoms. The fourth-order valence-corrected chi connectivity index (χ4v) is 2.18. The van der Waals surface area contributed by atoms with E-state index in [1.165, 1.54) is 0 Å². The average Bonchev–Trinajstić information content (AvgIpc) is 2.78. The third-order valence-corrected chi connectivity index (χ3v) is 3.05. The van der Waals surface area contributed by atoms with Crippen LogP contribution in [0.3, 0.4) is 0 Å². The van der Waals surface area contributed by atoms with Gasteiger partial charge in [0.15, 0.2) is 0 Å². The Morgan fingerprint density at radius 2 is 2.44 bits per heavy atom. The van der Waals surface area contributed by atoms with Gasteiger partial charge in [-0.1, -0.05) is 6.92 Å². The van der Waals surface area contributed by atoms with Crippen molar-refractivity contribution >= 4 is 0 Å². The summed E-state index contributed by atoms with van der Waals surface area (Å²) in [6.07, 6.45) is 5.28. The highest BCUT2D eigenvalue weighted by Gasteiger charge is 2.18. The summed E-state index contributed by atoms with van der Waals surface area (Å²) in [5, 5.41) is 3.34. The fourth-order valence-electron chi connectivity index (χ4n) is 2.18. The van der Waals surface area contributed by atoms with Crippen molar-refractivity contribution in [1.82, 2.24) is 14.9 Å². The molecule has 1 N–H and O–H groups in total. The van der Waals surface area contributed by atoms with Crippen LogP contribution < -0.4 is 5.32 Å². The molecule has 2 heterocycles. The second-order valence-electron chi connectivity index (χ2n) is 4.82. The zero-order chi connectivity index (χ0) is 12.8. The molecule has 1 aromatic heterocycles.